The van der Waals surface area contributed by atoms with E-state index in [1.165, 1.54) is 21.1 Å². The highest BCUT2D eigenvalue weighted by molar-refractivity contribution is 6.02. The fraction of sp³-hybridized carbons (Fsp3) is 0.421. The molecule has 1 aromatic carbocycles. The molecule has 1 aliphatic carbocycles. The van der Waals surface area contributed by atoms with Crippen LogP contribution in [0.2, 0.25) is 0 Å². The van der Waals surface area contributed by atoms with Crippen molar-refractivity contribution in [3.05, 3.63) is 42.0 Å². The second kappa shape index (κ2) is 7.61. The Bertz CT molecular complexity index is 676. The molecule has 0 saturated heterocycles. The summed E-state index contributed by atoms with van der Waals surface area (Å²) in [6.45, 7) is 1.41. The average Bonchev–Trinajstić information content (AvgIpc) is 2.58. The van der Waals surface area contributed by atoms with E-state index in [9.17, 15) is 19.5 Å². The number of hydrogen-bond donors (Lipinski definition) is 1. The van der Waals surface area contributed by atoms with E-state index in [1.54, 1.807) is 12.2 Å². The molecule has 0 aromatic heterocycles. The molecule has 1 saturated carbocycles. The highest BCUT2D eigenvalue weighted by atomic mass is 16.5. The van der Waals surface area contributed by atoms with Crippen LogP contribution in [0.25, 0.3) is 6.08 Å². The van der Waals surface area contributed by atoms with Crippen LogP contribution >= 0.6 is 0 Å². The maximum atomic E-state index is 12.4. The fourth-order valence-electron chi connectivity index (χ4n) is 3.36. The van der Waals surface area contributed by atoms with Crippen molar-refractivity contribution in [2.24, 2.45) is 17.8 Å². The van der Waals surface area contributed by atoms with E-state index >= 15 is 0 Å². The molecule has 4 atom stereocenters. The quantitative estimate of drug-likeness (QED) is 0.658. The fourth-order valence-corrected chi connectivity index (χ4v) is 3.36. The van der Waals surface area contributed by atoms with E-state index in [2.05, 4.69) is 0 Å². The first kappa shape index (κ1) is 18.9. The normalized spacial score (nSPS) is 29.4. The van der Waals surface area contributed by atoms with Gasteiger partial charge >= 0.3 is 11.9 Å². The van der Waals surface area contributed by atoms with Gasteiger partial charge < -0.3 is 14.6 Å². The Morgan fingerprint density at radius 1 is 1.16 bits per heavy atom. The van der Waals surface area contributed by atoms with Gasteiger partial charge in [0.2, 0.25) is 0 Å². The number of benzene rings is 1. The minimum atomic E-state index is -1.61. The highest BCUT2D eigenvalue weighted by Crippen LogP contribution is 2.42. The zero-order chi connectivity index (χ0) is 18.6. The number of ketones is 1. The molecule has 1 aliphatic rings. The van der Waals surface area contributed by atoms with Gasteiger partial charge in [-0.05, 0) is 12.5 Å². The van der Waals surface area contributed by atoms with E-state index in [1.807, 2.05) is 30.3 Å². The van der Waals surface area contributed by atoms with Crippen LogP contribution in [0.5, 0.6) is 0 Å². The summed E-state index contributed by atoms with van der Waals surface area (Å²) in [5, 5.41) is 10.6. The van der Waals surface area contributed by atoms with Gasteiger partial charge in [0.25, 0.3) is 0 Å². The van der Waals surface area contributed by atoms with Gasteiger partial charge in [-0.1, -0.05) is 42.5 Å². The van der Waals surface area contributed by atoms with Gasteiger partial charge in [0.05, 0.1) is 25.7 Å². The monoisotopic (exact) mass is 346 g/mol. The number of rotatable bonds is 4. The largest absolute Gasteiger partial charge is 0.469 e. The van der Waals surface area contributed by atoms with Crippen LogP contribution in [0.4, 0.5) is 0 Å². The van der Waals surface area contributed by atoms with Crippen LogP contribution in [0.15, 0.2) is 36.4 Å². The van der Waals surface area contributed by atoms with E-state index in [0.29, 0.717) is 0 Å². The minimum absolute atomic E-state index is 0.317. The molecular weight excluding hydrogens is 324 g/mol. The molecule has 1 aromatic rings. The van der Waals surface area contributed by atoms with Crippen molar-refractivity contribution >= 4 is 23.8 Å². The van der Waals surface area contributed by atoms with E-state index < -0.39 is 41.1 Å². The van der Waals surface area contributed by atoms with Gasteiger partial charge in [0, 0.05) is 12.3 Å². The van der Waals surface area contributed by atoms with Crippen molar-refractivity contribution < 1.29 is 29.0 Å². The van der Waals surface area contributed by atoms with Crippen LogP contribution in [0.1, 0.15) is 18.9 Å². The molecule has 6 nitrogen and oxygen atoms in total. The third kappa shape index (κ3) is 3.96. The molecular formula is C19H22O6. The van der Waals surface area contributed by atoms with Gasteiger partial charge in [-0.15, -0.1) is 0 Å². The molecule has 2 rings (SSSR count). The summed E-state index contributed by atoms with van der Waals surface area (Å²) in [4.78, 5) is 36.9. The molecule has 25 heavy (non-hydrogen) atoms. The van der Waals surface area contributed by atoms with Gasteiger partial charge in [0.1, 0.15) is 5.92 Å². The second-order valence-electron chi connectivity index (χ2n) is 6.35. The smallest absolute Gasteiger partial charge is 0.316 e. The Morgan fingerprint density at radius 2 is 1.76 bits per heavy atom. The third-order valence-corrected chi connectivity index (χ3v) is 4.54. The molecule has 0 radical (unpaired) electrons. The number of ether oxygens (including phenoxy) is 2. The van der Waals surface area contributed by atoms with Crippen LogP contribution in [-0.2, 0) is 23.9 Å². The summed E-state index contributed by atoms with van der Waals surface area (Å²) in [6.07, 6.45) is 3.00. The number of aliphatic hydroxyl groups is 1. The Labute approximate surface area is 146 Å². The standard InChI is InChI=1S/C19H22O6/c1-19(23)11-14(20)15(17(21)24-2)13(16(19)18(22)25-3)10-9-12-7-5-4-6-8-12/h4-10,13,15-16,23H,11H2,1-3H3/b10-9+/t13-,15-,16+,19+/m1/s1. The lowest BCUT2D eigenvalue weighted by molar-refractivity contribution is -0.172. The van der Waals surface area contributed by atoms with Crippen molar-refractivity contribution in [2.75, 3.05) is 14.2 Å². The number of carbonyl (C=O) groups is 3. The van der Waals surface area contributed by atoms with Crippen LogP contribution in [0.3, 0.4) is 0 Å². The van der Waals surface area contributed by atoms with Crippen molar-refractivity contribution in [3.8, 4) is 0 Å². The number of Topliss-reactive ketones (excluding diaryl/α,β-unsaturated/α-hetero) is 1. The van der Waals surface area contributed by atoms with Crippen LogP contribution in [-0.4, -0.2) is 42.6 Å². The van der Waals surface area contributed by atoms with Crippen molar-refractivity contribution in [1.82, 2.24) is 0 Å². The summed E-state index contributed by atoms with van der Waals surface area (Å²) < 4.78 is 9.55. The van der Waals surface area contributed by atoms with Gasteiger partial charge in [-0.3, -0.25) is 14.4 Å². The Kier molecular flexibility index (Phi) is 5.74. The van der Waals surface area contributed by atoms with Gasteiger partial charge in [-0.25, -0.2) is 0 Å². The number of esters is 2. The molecule has 0 spiro atoms. The van der Waals surface area contributed by atoms with Crippen LogP contribution < -0.4 is 0 Å². The number of hydrogen-bond acceptors (Lipinski definition) is 6. The topological polar surface area (TPSA) is 89.9 Å². The van der Waals surface area contributed by atoms with E-state index in [4.69, 9.17) is 9.47 Å². The predicted molar refractivity (Wildman–Crippen MR) is 90.2 cm³/mol. The maximum Gasteiger partial charge on any atom is 0.316 e. The zero-order valence-electron chi connectivity index (χ0n) is 14.5. The Balaban J connectivity index is 2.49. The number of methoxy groups -OCH3 is 2. The molecule has 134 valence electrons. The molecule has 0 unspecified atom stereocenters. The van der Waals surface area contributed by atoms with E-state index in [-0.39, 0.29) is 6.42 Å². The first-order valence-electron chi connectivity index (χ1n) is 7.96. The lowest BCUT2D eigenvalue weighted by atomic mass is 9.63. The van der Waals surface area contributed by atoms with Crippen molar-refractivity contribution in [2.45, 2.75) is 18.9 Å². The Morgan fingerprint density at radius 3 is 2.32 bits per heavy atom. The maximum absolute atomic E-state index is 12.4. The highest BCUT2D eigenvalue weighted by Gasteiger charge is 2.55. The minimum Gasteiger partial charge on any atom is -0.469 e. The lowest BCUT2D eigenvalue weighted by Gasteiger charge is -2.42. The van der Waals surface area contributed by atoms with Crippen LogP contribution in [0, 0.1) is 17.8 Å². The van der Waals surface area contributed by atoms with Gasteiger partial charge in [0.15, 0.2) is 5.78 Å². The molecule has 1 fully saturated rings. The summed E-state index contributed by atoms with van der Waals surface area (Å²) in [5.74, 6) is -4.93. The number of allylic oxidation sites excluding steroid dienone is 1. The summed E-state index contributed by atoms with van der Waals surface area (Å²) in [6, 6.07) is 9.24. The molecule has 0 heterocycles. The second-order valence-corrected chi connectivity index (χ2v) is 6.35. The Hall–Kier alpha value is -2.47. The lowest BCUT2D eigenvalue weighted by Crippen LogP contribution is -2.55. The summed E-state index contributed by atoms with van der Waals surface area (Å²) >= 11 is 0. The van der Waals surface area contributed by atoms with E-state index in [0.717, 1.165) is 5.56 Å². The SMILES string of the molecule is COC(=O)[C@H]1C(=O)C[C@](C)(O)[C@H](C(=O)OC)[C@@H]1/C=C/c1ccccc1. The van der Waals surface area contributed by atoms with Crippen molar-refractivity contribution in [3.63, 3.8) is 0 Å². The molecule has 0 bridgehead atoms. The first-order valence-corrected chi connectivity index (χ1v) is 7.96. The average molecular weight is 346 g/mol. The summed E-state index contributed by atoms with van der Waals surface area (Å²) in [7, 11) is 2.40. The molecule has 6 heteroatoms. The third-order valence-electron chi connectivity index (χ3n) is 4.54. The van der Waals surface area contributed by atoms with Crippen molar-refractivity contribution in [1.29, 1.82) is 0 Å². The first-order chi connectivity index (χ1) is 11.8. The predicted octanol–water partition coefficient (Wildman–Crippen LogP) is 1.62. The molecule has 0 amide bonds. The zero-order valence-corrected chi connectivity index (χ0v) is 14.5. The molecule has 0 aliphatic heterocycles. The molecule has 1 N–H and O–H groups in total. The summed E-state index contributed by atoms with van der Waals surface area (Å²) in [5.41, 5.74) is -0.771. The number of carbonyl (C=O) groups excluding carboxylic acids is 3. The van der Waals surface area contributed by atoms with Gasteiger partial charge in [-0.2, -0.15) is 0 Å².